The molecule has 0 aliphatic heterocycles. The fourth-order valence-corrected chi connectivity index (χ4v) is 2.86. The molecule has 0 aliphatic rings. The first-order valence-electron chi connectivity index (χ1n) is 8.95. The van der Waals surface area contributed by atoms with Gasteiger partial charge >= 0.3 is 6.55 Å². The van der Waals surface area contributed by atoms with Crippen LogP contribution in [0.3, 0.4) is 0 Å². The molecule has 1 aromatic carbocycles. The number of aliphatic hydroxyl groups excluding tert-OH is 2. The SMILES string of the molecule is Cc1cc(-c2nn(C(F)F)cc2Cc2c(F)cccc2OCC(O)CO)nc(N)n1. The number of hydrogen-bond acceptors (Lipinski definition) is 7. The van der Waals surface area contributed by atoms with E-state index in [2.05, 4.69) is 15.1 Å². The quantitative estimate of drug-likeness (QED) is 0.508. The van der Waals surface area contributed by atoms with Gasteiger partial charge in [0.15, 0.2) is 0 Å². The van der Waals surface area contributed by atoms with Crippen molar-refractivity contribution in [3.63, 3.8) is 0 Å². The molecule has 160 valence electrons. The van der Waals surface area contributed by atoms with E-state index < -0.39 is 25.1 Å². The van der Waals surface area contributed by atoms with Crippen molar-refractivity contribution < 1.29 is 28.1 Å². The summed E-state index contributed by atoms with van der Waals surface area (Å²) in [6.45, 7) is -2.03. The van der Waals surface area contributed by atoms with Crippen LogP contribution in [0, 0.1) is 12.7 Å². The van der Waals surface area contributed by atoms with Crippen LogP contribution in [0.2, 0.25) is 0 Å². The number of hydrogen-bond donors (Lipinski definition) is 3. The Balaban J connectivity index is 2.03. The van der Waals surface area contributed by atoms with E-state index in [0.717, 1.165) is 6.20 Å². The molecule has 0 fully saturated rings. The molecule has 0 saturated carbocycles. The van der Waals surface area contributed by atoms with E-state index in [-0.39, 0.29) is 47.2 Å². The van der Waals surface area contributed by atoms with E-state index in [4.69, 9.17) is 15.6 Å². The van der Waals surface area contributed by atoms with E-state index in [1.54, 1.807) is 6.92 Å². The van der Waals surface area contributed by atoms with Crippen molar-refractivity contribution in [1.82, 2.24) is 19.7 Å². The number of ether oxygens (including phenoxy) is 1. The maximum absolute atomic E-state index is 14.6. The van der Waals surface area contributed by atoms with Gasteiger partial charge in [-0.1, -0.05) is 6.07 Å². The van der Waals surface area contributed by atoms with E-state index in [0.29, 0.717) is 10.4 Å². The van der Waals surface area contributed by atoms with Crippen molar-refractivity contribution in [2.24, 2.45) is 0 Å². The number of nitrogens with zero attached hydrogens (tertiary/aromatic N) is 4. The number of rotatable bonds is 8. The molecule has 30 heavy (non-hydrogen) atoms. The first-order valence-corrected chi connectivity index (χ1v) is 8.95. The monoisotopic (exact) mass is 423 g/mol. The van der Waals surface area contributed by atoms with Crippen molar-refractivity contribution in [1.29, 1.82) is 0 Å². The first kappa shape index (κ1) is 21.5. The molecule has 0 saturated heterocycles. The molecule has 3 aromatic rings. The van der Waals surface area contributed by atoms with Gasteiger partial charge < -0.3 is 20.7 Å². The van der Waals surface area contributed by atoms with Crippen LogP contribution in [0.4, 0.5) is 19.1 Å². The minimum atomic E-state index is -2.91. The van der Waals surface area contributed by atoms with Crippen LogP contribution in [0.5, 0.6) is 5.75 Å². The molecule has 4 N–H and O–H groups in total. The van der Waals surface area contributed by atoms with Crippen LogP contribution in [0.1, 0.15) is 23.4 Å². The zero-order valence-electron chi connectivity index (χ0n) is 16.0. The van der Waals surface area contributed by atoms with Crippen molar-refractivity contribution in [3.05, 3.63) is 53.1 Å². The fraction of sp³-hybridized carbons (Fsp3) is 0.316. The van der Waals surface area contributed by atoms with Gasteiger partial charge in [0.25, 0.3) is 0 Å². The van der Waals surface area contributed by atoms with Gasteiger partial charge in [0.1, 0.15) is 30.0 Å². The number of aromatic nitrogens is 4. The first-order chi connectivity index (χ1) is 14.3. The number of nitrogens with two attached hydrogens (primary N) is 1. The van der Waals surface area contributed by atoms with E-state index in [1.807, 2.05) is 0 Å². The summed E-state index contributed by atoms with van der Waals surface area (Å²) in [4.78, 5) is 8.01. The van der Waals surface area contributed by atoms with Crippen LogP contribution in [0.15, 0.2) is 30.5 Å². The van der Waals surface area contributed by atoms with E-state index in [9.17, 15) is 18.3 Å². The number of alkyl halides is 2. The Labute approximate surface area is 169 Å². The molecule has 1 atom stereocenters. The average Bonchev–Trinajstić information content (AvgIpc) is 3.11. The largest absolute Gasteiger partial charge is 0.490 e. The van der Waals surface area contributed by atoms with Crippen molar-refractivity contribution >= 4 is 5.95 Å². The van der Waals surface area contributed by atoms with Crippen LogP contribution in [0.25, 0.3) is 11.4 Å². The number of nitrogen functional groups attached to an aromatic ring is 1. The summed E-state index contributed by atoms with van der Waals surface area (Å²) in [7, 11) is 0. The van der Waals surface area contributed by atoms with Crippen molar-refractivity contribution in [2.75, 3.05) is 18.9 Å². The number of benzene rings is 1. The Morgan fingerprint density at radius 3 is 2.70 bits per heavy atom. The van der Waals surface area contributed by atoms with E-state index >= 15 is 0 Å². The zero-order chi connectivity index (χ0) is 21.8. The summed E-state index contributed by atoms with van der Waals surface area (Å²) in [6.07, 6.45) is -0.181. The van der Waals surface area contributed by atoms with Crippen LogP contribution < -0.4 is 10.5 Å². The lowest BCUT2D eigenvalue weighted by molar-refractivity contribution is 0.0532. The van der Waals surface area contributed by atoms with E-state index in [1.165, 1.54) is 24.3 Å². The van der Waals surface area contributed by atoms with Crippen molar-refractivity contribution in [3.8, 4) is 17.1 Å². The Hall–Kier alpha value is -3.18. The molecular weight excluding hydrogens is 403 g/mol. The third-order valence-corrected chi connectivity index (χ3v) is 4.21. The molecule has 0 radical (unpaired) electrons. The maximum Gasteiger partial charge on any atom is 0.333 e. The smallest absolute Gasteiger partial charge is 0.333 e. The summed E-state index contributed by atoms with van der Waals surface area (Å²) in [5.41, 5.74) is 6.87. The Kier molecular flexibility index (Phi) is 6.53. The number of aliphatic hydroxyl groups is 2. The Morgan fingerprint density at radius 1 is 1.27 bits per heavy atom. The summed E-state index contributed by atoms with van der Waals surface area (Å²) >= 11 is 0. The fourth-order valence-electron chi connectivity index (χ4n) is 2.86. The van der Waals surface area contributed by atoms with Gasteiger partial charge in [-0.3, -0.25) is 0 Å². The molecule has 2 heterocycles. The number of anilines is 1. The van der Waals surface area contributed by atoms with Gasteiger partial charge in [0.05, 0.1) is 12.3 Å². The molecule has 1 unspecified atom stereocenters. The van der Waals surface area contributed by atoms with Gasteiger partial charge in [-0.2, -0.15) is 13.9 Å². The molecule has 0 aliphatic carbocycles. The molecule has 3 rings (SSSR count). The lowest BCUT2D eigenvalue weighted by atomic mass is 10.0. The second kappa shape index (κ2) is 9.09. The second-order valence-electron chi connectivity index (χ2n) is 6.55. The third-order valence-electron chi connectivity index (χ3n) is 4.21. The third kappa shape index (κ3) is 4.86. The summed E-state index contributed by atoms with van der Waals surface area (Å²) in [6, 6.07) is 5.63. The minimum Gasteiger partial charge on any atom is -0.490 e. The predicted molar refractivity (Wildman–Crippen MR) is 101 cm³/mol. The summed E-state index contributed by atoms with van der Waals surface area (Å²) in [5.74, 6) is -0.563. The molecule has 8 nitrogen and oxygen atoms in total. The van der Waals surface area contributed by atoms with Gasteiger partial charge in [-0.05, 0) is 25.1 Å². The van der Waals surface area contributed by atoms with Crippen LogP contribution in [-0.2, 0) is 6.42 Å². The van der Waals surface area contributed by atoms with Gasteiger partial charge in [0, 0.05) is 29.4 Å². The molecule has 2 aromatic heterocycles. The van der Waals surface area contributed by atoms with Gasteiger partial charge in [0.2, 0.25) is 5.95 Å². The summed E-state index contributed by atoms with van der Waals surface area (Å²) in [5, 5.41) is 22.3. The highest BCUT2D eigenvalue weighted by Gasteiger charge is 2.21. The number of halogens is 3. The molecule has 0 bridgehead atoms. The molecular formula is C19H20F3N5O3. The van der Waals surface area contributed by atoms with Crippen molar-refractivity contribution in [2.45, 2.75) is 26.0 Å². The Bertz CT molecular complexity index is 1010. The average molecular weight is 423 g/mol. The topological polar surface area (TPSA) is 119 Å². The molecule has 11 heteroatoms. The maximum atomic E-state index is 14.6. The lowest BCUT2D eigenvalue weighted by Gasteiger charge is -2.14. The van der Waals surface area contributed by atoms with Crippen LogP contribution >= 0.6 is 0 Å². The normalized spacial score (nSPS) is 12.4. The summed E-state index contributed by atoms with van der Waals surface area (Å²) < 4.78 is 47.0. The number of aryl methyl sites for hydroxylation is 1. The van der Waals surface area contributed by atoms with Gasteiger partial charge in [-0.25, -0.2) is 19.0 Å². The van der Waals surface area contributed by atoms with Crippen LogP contribution in [-0.4, -0.2) is 49.3 Å². The predicted octanol–water partition coefficient (Wildman–Crippen LogP) is 2.09. The minimum absolute atomic E-state index is 0.0459. The molecule has 0 spiro atoms. The lowest BCUT2D eigenvalue weighted by Crippen LogP contribution is -2.21. The second-order valence-corrected chi connectivity index (χ2v) is 6.55. The van der Waals surface area contributed by atoms with Gasteiger partial charge in [-0.15, -0.1) is 0 Å². The zero-order valence-corrected chi connectivity index (χ0v) is 16.0. The Morgan fingerprint density at radius 2 is 2.03 bits per heavy atom. The highest BCUT2D eigenvalue weighted by Crippen LogP contribution is 2.30. The highest BCUT2D eigenvalue weighted by atomic mass is 19.3. The standard InChI is InChI=1S/C19H20F3N5O3/c1-10-5-15(25-19(23)24-10)17-11(7-27(26-17)18(21)22)6-13-14(20)3-2-4-16(13)30-9-12(29)8-28/h2-5,7,12,18,28-29H,6,8-9H2,1H3,(H2,23,24,25). The molecule has 0 amide bonds. The highest BCUT2D eigenvalue weighted by molar-refractivity contribution is 5.61.